The van der Waals surface area contributed by atoms with E-state index in [4.69, 9.17) is 16.7 Å². The molecular formula is C10H12BrClN2O2. The first-order chi connectivity index (χ1) is 7.52. The van der Waals surface area contributed by atoms with Gasteiger partial charge >= 0.3 is 6.03 Å². The van der Waals surface area contributed by atoms with Crippen molar-refractivity contribution >= 4 is 39.2 Å². The van der Waals surface area contributed by atoms with E-state index in [0.29, 0.717) is 15.2 Å². The quantitative estimate of drug-likeness (QED) is 0.804. The van der Waals surface area contributed by atoms with Gasteiger partial charge < -0.3 is 15.7 Å². The molecule has 1 aromatic carbocycles. The van der Waals surface area contributed by atoms with Crippen LogP contribution < -0.4 is 10.6 Å². The first-order valence-corrected chi connectivity index (χ1v) is 5.83. The lowest BCUT2D eigenvalue weighted by molar-refractivity contribution is 0.229. The fourth-order valence-corrected chi connectivity index (χ4v) is 1.80. The summed E-state index contributed by atoms with van der Waals surface area (Å²) >= 11 is 9.05. The molecule has 0 radical (unpaired) electrons. The molecule has 1 rings (SSSR count). The van der Waals surface area contributed by atoms with Gasteiger partial charge in [-0.1, -0.05) is 11.6 Å². The summed E-state index contributed by atoms with van der Waals surface area (Å²) in [5.41, 5.74) is 0.618. The summed E-state index contributed by atoms with van der Waals surface area (Å²) in [6.45, 7) is 1.60. The van der Waals surface area contributed by atoms with Crippen LogP contribution in [0.25, 0.3) is 0 Å². The fraction of sp³-hybridized carbons (Fsp3) is 0.300. The number of aliphatic hydroxyl groups excluding tert-OH is 1. The molecule has 16 heavy (non-hydrogen) atoms. The Bertz CT molecular complexity index is 387. The summed E-state index contributed by atoms with van der Waals surface area (Å²) in [5.74, 6) is 0. The van der Waals surface area contributed by atoms with Gasteiger partial charge in [0.15, 0.2) is 0 Å². The molecule has 1 aromatic rings. The van der Waals surface area contributed by atoms with Crippen LogP contribution in [0.4, 0.5) is 10.5 Å². The summed E-state index contributed by atoms with van der Waals surface area (Å²) in [4.78, 5) is 11.4. The Kier molecular flexibility index (Phi) is 5.05. The van der Waals surface area contributed by atoms with Gasteiger partial charge in [-0.15, -0.1) is 0 Å². The minimum absolute atomic E-state index is 0.102. The maximum atomic E-state index is 11.4. The summed E-state index contributed by atoms with van der Waals surface area (Å²) in [6, 6.07) is 4.40. The van der Waals surface area contributed by atoms with E-state index < -0.39 is 0 Å². The van der Waals surface area contributed by atoms with Crippen molar-refractivity contribution in [3.8, 4) is 0 Å². The van der Waals surface area contributed by atoms with Crippen molar-refractivity contribution in [3.63, 3.8) is 0 Å². The van der Waals surface area contributed by atoms with Gasteiger partial charge in [0, 0.05) is 9.50 Å². The average Bonchev–Trinajstić information content (AvgIpc) is 2.22. The maximum absolute atomic E-state index is 11.4. The normalized spacial score (nSPS) is 12.0. The van der Waals surface area contributed by atoms with Crippen LogP contribution in [0.3, 0.4) is 0 Å². The van der Waals surface area contributed by atoms with Crippen LogP contribution in [0.15, 0.2) is 22.7 Å². The van der Waals surface area contributed by atoms with Crippen LogP contribution in [-0.4, -0.2) is 23.8 Å². The molecule has 0 fully saturated rings. The molecular weight excluding hydrogens is 295 g/mol. The standard InChI is InChI=1S/C10H12BrClN2O2/c1-6(5-15)13-10(16)14-9-3-2-7(12)4-8(9)11/h2-4,6,15H,5H2,1H3,(H2,13,14,16). The predicted molar refractivity (Wildman–Crippen MR) is 67.9 cm³/mol. The van der Waals surface area contributed by atoms with Crippen LogP contribution in [-0.2, 0) is 0 Å². The monoisotopic (exact) mass is 306 g/mol. The zero-order valence-electron chi connectivity index (χ0n) is 8.63. The second kappa shape index (κ2) is 6.08. The van der Waals surface area contributed by atoms with Gasteiger partial charge in [-0.2, -0.15) is 0 Å². The third kappa shape index (κ3) is 4.00. The highest BCUT2D eigenvalue weighted by Gasteiger charge is 2.08. The summed E-state index contributed by atoms with van der Waals surface area (Å²) in [7, 11) is 0. The first-order valence-electron chi connectivity index (χ1n) is 4.66. The van der Waals surface area contributed by atoms with E-state index >= 15 is 0 Å². The van der Waals surface area contributed by atoms with Crippen molar-refractivity contribution in [1.29, 1.82) is 0 Å². The Labute approximate surface area is 107 Å². The van der Waals surface area contributed by atoms with Gasteiger partial charge in [0.05, 0.1) is 18.3 Å². The molecule has 0 bridgehead atoms. The molecule has 3 N–H and O–H groups in total. The molecule has 0 aliphatic carbocycles. The van der Waals surface area contributed by atoms with Crippen molar-refractivity contribution in [1.82, 2.24) is 5.32 Å². The van der Waals surface area contributed by atoms with Crippen molar-refractivity contribution < 1.29 is 9.90 Å². The Morgan fingerprint density at radius 1 is 1.62 bits per heavy atom. The van der Waals surface area contributed by atoms with Crippen molar-refractivity contribution in [2.45, 2.75) is 13.0 Å². The number of hydrogen-bond acceptors (Lipinski definition) is 2. The van der Waals surface area contributed by atoms with E-state index in [2.05, 4.69) is 26.6 Å². The number of anilines is 1. The number of carbonyl (C=O) groups is 1. The van der Waals surface area contributed by atoms with Gasteiger partial charge in [-0.25, -0.2) is 4.79 Å². The van der Waals surface area contributed by atoms with E-state index in [1.807, 2.05) is 0 Å². The molecule has 0 aliphatic heterocycles. The van der Waals surface area contributed by atoms with Crippen molar-refractivity contribution in [2.75, 3.05) is 11.9 Å². The molecule has 0 saturated heterocycles. The van der Waals surface area contributed by atoms with E-state index in [1.54, 1.807) is 25.1 Å². The maximum Gasteiger partial charge on any atom is 0.319 e. The number of benzene rings is 1. The zero-order chi connectivity index (χ0) is 12.1. The van der Waals surface area contributed by atoms with Crippen LogP contribution in [0, 0.1) is 0 Å². The molecule has 88 valence electrons. The van der Waals surface area contributed by atoms with Gasteiger partial charge in [-0.3, -0.25) is 0 Å². The molecule has 0 saturated carbocycles. The molecule has 0 spiro atoms. The number of rotatable bonds is 3. The van der Waals surface area contributed by atoms with Crippen molar-refractivity contribution in [3.05, 3.63) is 27.7 Å². The fourth-order valence-electron chi connectivity index (χ4n) is 1.02. The number of amides is 2. The number of carbonyl (C=O) groups excluding carboxylic acids is 1. The van der Waals surface area contributed by atoms with Crippen LogP contribution in [0.5, 0.6) is 0 Å². The molecule has 2 amide bonds. The SMILES string of the molecule is CC(CO)NC(=O)Nc1ccc(Cl)cc1Br. The lowest BCUT2D eigenvalue weighted by Gasteiger charge is -2.12. The average molecular weight is 308 g/mol. The van der Waals surface area contributed by atoms with E-state index in [1.165, 1.54) is 0 Å². The molecule has 0 aliphatic rings. The van der Waals surface area contributed by atoms with Crippen LogP contribution in [0.1, 0.15) is 6.92 Å². The molecule has 1 atom stereocenters. The Morgan fingerprint density at radius 3 is 2.88 bits per heavy atom. The predicted octanol–water partition coefficient (Wildman–Crippen LogP) is 2.60. The first kappa shape index (κ1) is 13.3. The molecule has 0 heterocycles. The molecule has 0 aromatic heterocycles. The summed E-state index contributed by atoms with van der Waals surface area (Å²) < 4.78 is 0.701. The highest BCUT2D eigenvalue weighted by molar-refractivity contribution is 9.10. The smallest absolute Gasteiger partial charge is 0.319 e. The largest absolute Gasteiger partial charge is 0.394 e. The van der Waals surface area contributed by atoms with E-state index in [-0.39, 0.29) is 18.7 Å². The Hall–Kier alpha value is -0.780. The molecule has 4 nitrogen and oxygen atoms in total. The summed E-state index contributed by atoms with van der Waals surface area (Å²) in [5, 5.41) is 14.6. The van der Waals surface area contributed by atoms with Gasteiger partial charge in [0.1, 0.15) is 0 Å². The second-order valence-electron chi connectivity index (χ2n) is 3.31. The third-order valence-electron chi connectivity index (χ3n) is 1.83. The number of aliphatic hydroxyl groups is 1. The van der Waals surface area contributed by atoms with E-state index in [0.717, 1.165) is 0 Å². The van der Waals surface area contributed by atoms with Gasteiger partial charge in [0.25, 0.3) is 0 Å². The van der Waals surface area contributed by atoms with Crippen LogP contribution >= 0.6 is 27.5 Å². The second-order valence-corrected chi connectivity index (χ2v) is 4.60. The topological polar surface area (TPSA) is 61.4 Å². The van der Waals surface area contributed by atoms with Gasteiger partial charge in [0.2, 0.25) is 0 Å². The lowest BCUT2D eigenvalue weighted by atomic mass is 10.3. The zero-order valence-corrected chi connectivity index (χ0v) is 11.0. The van der Waals surface area contributed by atoms with E-state index in [9.17, 15) is 4.79 Å². The van der Waals surface area contributed by atoms with Crippen LogP contribution in [0.2, 0.25) is 5.02 Å². The Morgan fingerprint density at radius 2 is 2.31 bits per heavy atom. The molecule has 1 unspecified atom stereocenters. The third-order valence-corrected chi connectivity index (χ3v) is 2.72. The highest BCUT2D eigenvalue weighted by atomic mass is 79.9. The highest BCUT2D eigenvalue weighted by Crippen LogP contribution is 2.25. The lowest BCUT2D eigenvalue weighted by Crippen LogP contribution is -2.38. The van der Waals surface area contributed by atoms with Crippen molar-refractivity contribution in [2.24, 2.45) is 0 Å². The minimum Gasteiger partial charge on any atom is -0.394 e. The number of nitrogens with one attached hydrogen (secondary N) is 2. The minimum atomic E-state index is -0.371. The summed E-state index contributed by atoms with van der Waals surface area (Å²) in [6.07, 6.45) is 0. The number of halogens is 2. The molecule has 6 heteroatoms. The Balaban J connectivity index is 2.63. The van der Waals surface area contributed by atoms with Gasteiger partial charge in [-0.05, 0) is 41.1 Å². The number of hydrogen-bond donors (Lipinski definition) is 3. The number of urea groups is 1.